The number of ether oxygens (including phenoxy) is 2. The molecule has 0 saturated heterocycles. The lowest BCUT2D eigenvalue weighted by atomic mass is 9.99. The molecule has 0 radical (unpaired) electrons. The summed E-state index contributed by atoms with van der Waals surface area (Å²) in [7, 11) is 1.54. The fraction of sp³-hybridized carbons (Fsp3) is 0.650. The number of carbonyl (C=O) groups is 1. The molecular weight excluding hydrogens is 318 g/mol. The summed E-state index contributed by atoms with van der Waals surface area (Å²) < 4.78 is 10.9. The number of Topliss-reactive ketones (excluding diaryl/α,β-unsaturated/α-hetero) is 1. The molecular formula is C20H34NO4+. The molecule has 142 valence electrons. The van der Waals surface area contributed by atoms with Gasteiger partial charge in [-0.1, -0.05) is 26.7 Å². The number of hydrogen-bond donors (Lipinski definition) is 2. The molecule has 0 aliphatic heterocycles. The van der Waals surface area contributed by atoms with Crippen molar-refractivity contribution in [1.29, 1.82) is 0 Å². The summed E-state index contributed by atoms with van der Waals surface area (Å²) in [6, 6.07) is 5.08. The van der Waals surface area contributed by atoms with Crippen molar-refractivity contribution in [2.24, 2.45) is 5.92 Å². The molecule has 0 bridgehead atoms. The van der Waals surface area contributed by atoms with Crippen LogP contribution in [0.15, 0.2) is 18.2 Å². The van der Waals surface area contributed by atoms with Gasteiger partial charge in [0.25, 0.3) is 0 Å². The van der Waals surface area contributed by atoms with Gasteiger partial charge in [0.2, 0.25) is 0 Å². The molecule has 5 heteroatoms. The molecule has 2 atom stereocenters. The lowest BCUT2D eigenvalue weighted by Crippen LogP contribution is -2.87. The number of benzene rings is 1. The van der Waals surface area contributed by atoms with Gasteiger partial charge in [0, 0.05) is 11.5 Å². The van der Waals surface area contributed by atoms with E-state index in [1.807, 2.05) is 0 Å². The molecule has 5 nitrogen and oxygen atoms in total. The van der Waals surface area contributed by atoms with Crippen molar-refractivity contribution in [3.05, 3.63) is 23.8 Å². The number of nitrogens with two attached hydrogens (primary N) is 1. The Bertz CT molecular complexity index is 518. The van der Waals surface area contributed by atoms with E-state index in [4.69, 9.17) is 9.47 Å². The van der Waals surface area contributed by atoms with Crippen LogP contribution in [-0.4, -0.2) is 43.8 Å². The van der Waals surface area contributed by atoms with Gasteiger partial charge < -0.3 is 19.9 Å². The minimum atomic E-state index is -0.541. The Morgan fingerprint density at radius 2 is 2.00 bits per heavy atom. The predicted molar refractivity (Wildman–Crippen MR) is 99.5 cm³/mol. The third kappa shape index (κ3) is 7.88. The van der Waals surface area contributed by atoms with Gasteiger partial charge in [-0.05, 0) is 38.0 Å². The highest BCUT2D eigenvalue weighted by Gasteiger charge is 2.14. The maximum Gasteiger partial charge on any atom is 0.161 e. The van der Waals surface area contributed by atoms with Crippen LogP contribution in [0.4, 0.5) is 0 Å². The first-order valence-corrected chi connectivity index (χ1v) is 9.33. The maximum absolute atomic E-state index is 11.4. The number of methoxy groups -OCH3 is 1. The van der Waals surface area contributed by atoms with E-state index < -0.39 is 6.10 Å². The van der Waals surface area contributed by atoms with E-state index in [2.05, 4.69) is 19.2 Å². The van der Waals surface area contributed by atoms with Crippen LogP contribution in [0.25, 0.3) is 0 Å². The third-order valence-corrected chi connectivity index (χ3v) is 4.48. The van der Waals surface area contributed by atoms with Crippen molar-refractivity contribution in [2.45, 2.75) is 52.6 Å². The number of aliphatic hydroxyl groups excluding tert-OH is 1. The van der Waals surface area contributed by atoms with Gasteiger partial charge in [-0.25, -0.2) is 0 Å². The SMILES string of the molecule is CCCC[C@H](CC)C[NH2+]C[C@H](O)COc1ccc(C(C)=O)cc1OC. The van der Waals surface area contributed by atoms with Gasteiger partial charge in [-0.3, -0.25) is 4.79 Å². The summed E-state index contributed by atoms with van der Waals surface area (Å²) in [6.07, 6.45) is 4.41. The van der Waals surface area contributed by atoms with Crippen LogP contribution in [0.2, 0.25) is 0 Å². The average Bonchev–Trinajstić information content (AvgIpc) is 2.62. The summed E-state index contributed by atoms with van der Waals surface area (Å²) in [5, 5.41) is 12.3. The molecule has 0 saturated carbocycles. The standard InChI is InChI=1S/C20H33NO4/c1-5-7-8-16(6-2)12-21-13-18(23)14-25-19-10-9-17(15(3)22)11-20(19)24-4/h9-11,16,18,21,23H,5-8,12-14H2,1-4H3/p+1/t16-,18-/m0/s1. The fourth-order valence-corrected chi connectivity index (χ4v) is 2.77. The first kappa shape index (κ1) is 21.5. The number of ketones is 1. The number of aliphatic hydroxyl groups is 1. The first-order chi connectivity index (χ1) is 12.0. The Labute approximate surface area is 151 Å². The lowest BCUT2D eigenvalue weighted by molar-refractivity contribution is -0.666. The summed E-state index contributed by atoms with van der Waals surface area (Å²) in [5.74, 6) is 1.75. The van der Waals surface area contributed by atoms with Crippen molar-refractivity contribution < 1.29 is 24.7 Å². The Kier molecular flexibility index (Phi) is 10.2. The highest BCUT2D eigenvalue weighted by molar-refractivity contribution is 5.94. The van der Waals surface area contributed by atoms with E-state index in [-0.39, 0.29) is 12.4 Å². The van der Waals surface area contributed by atoms with Gasteiger partial charge >= 0.3 is 0 Å². The molecule has 0 heterocycles. The van der Waals surface area contributed by atoms with Gasteiger partial charge in [-0.2, -0.15) is 0 Å². The molecule has 0 unspecified atom stereocenters. The normalized spacial score (nSPS) is 13.3. The fourth-order valence-electron chi connectivity index (χ4n) is 2.77. The molecule has 0 amide bonds. The van der Waals surface area contributed by atoms with Gasteiger partial charge in [-0.15, -0.1) is 0 Å². The summed E-state index contributed by atoms with van der Waals surface area (Å²) in [5.41, 5.74) is 0.579. The van der Waals surface area contributed by atoms with Crippen molar-refractivity contribution in [3.63, 3.8) is 0 Å². The number of rotatable bonds is 13. The third-order valence-electron chi connectivity index (χ3n) is 4.48. The Morgan fingerprint density at radius 3 is 2.60 bits per heavy atom. The molecule has 0 aliphatic rings. The number of carbonyl (C=O) groups excluding carboxylic acids is 1. The molecule has 1 rings (SSSR count). The van der Waals surface area contributed by atoms with Crippen LogP contribution < -0.4 is 14.8 Å². The minimum absolute atomic E-state index is 0.0203. The smallest absolute Gasteiger partial charge is 0.161 e. The summed E-state index contributed by atoms with van der Waals surface area (Å²) >= 11 is 0. The van der Waals surface area contributed by atoms with Gasteiger partial charge in [0.1, 0.15) is 19.3 Å². The number of hydrogen-bond acceptors (Lipinski definition) is 4. The lowest BCUT2D eigenvalue weighted by Gasteiger charge is -2.16. The molecule has 3 N–H and O–H groups in total. The molecule has 1 aromatic rings. The highest BCUT2D eigenvalue weighted by Crippen LogP contribution is 2.28. The monoisotopic (exact) mass is 352 g/mol. The quantitative estimate of drug-likeness (QED) is 0.535. The second-order valence-corrected chi connectivity index (χ2v) is 6.56. The summed E-state index contributed by atoms with van der Waals surface area (Å²) in [4.78, 5) is 11.4. The minimum Gasteiger partial charge on any atom is -0.493 e. The predicted octanol–water partition coefficient (Wildman–Crippen LogP) is 2.42. The van der Waals surface area contributed by atoms with E-state index in [1.165, 1.54) is 39.7 Å². The van der Waals surface area contributed by atoms with Crippen molar-refractivity contribution in [1.82, 2.24) is 0 Å². The van der Waals surface area contributed by atoms with Crippen LogP contribution >= 0.6 is 0 Å². The average molecular weight is 352 g/mol. The van der Waals surface area contributed by atoms with Crippen LogP contribution in [0, 0.1) is 5.92 Å². The molecule has 0 fully saturated rings. The van der Waals surface area contributed by atoms with E-state index in [9.17, 15) is 9.90 Å². The highest BCUT2D eigenvalue weighted by atomic mass is 16.5. The Balaban J connectivity index is 2.40. The van der Waals surface area contributed by atoms with Crippen molar-refractivity contribution in [3.8, 4) is 11.5 Å². The number of quaternary nitrogens is 1. The van der Waals surface area contributed by atoms with Crippen molar-refractivity contribution in [2.75, 3.05) is 26.8 Å². The van der Waals surface area contributed by atoms with Gasteiger partial charge in [0.15, 0.2) is 17.3 Å². The Hall–Kier alpha value is -1.59. The second kappa shape index (κ2) is 11.9. The molecule has 0 spiro atoms. The number of unbranched alkanes of at least 4 members (excludes halogenated alkanes) is 1. The van der Waals surface area contributed by atoms with Crippen LogP contribution in [0.1, 0.15) is 56.8 Å². The van der Waals surface area contributed by atoms with E-state index in [1.54, 1.807) is 18.2 Å². The van der Waals surface area contributed by atoms with E-state index >= 15 is 0 Å². The van der Waals surface area contributed by atoms with Crippen molar-refractivity contribution >= 4 is 5.78 Å². The molecule has 0 aromatic heterocycles. The van der Waals surface area contributed by atoms with Crippen LogP contribution in [-0.2, 0) is 0 Å². The molecule has 25 heavy (non-hydrogen) atoms. The topological polar surface area (TPSA) is 72.4 Å². The largest absolute Gasteiger partial charge is 0.493 e. The van der Waals surface area contributed by atoms with Crippen LogP contribution in [0.3, 0.4) is 0 Å². The van der Waals surface area contributed by atoms with Crippen LogP contribution in [0.5, 0.6) is 11.5 Å². The zero-order valence-corrected chi connectivity index (χ0v) is 16.1. The maximum atomic E-state index is 11.4. The zero-order valence-electron chi connectivity index (χ0n) is 16.1. The molecule has 0 aliphatic carbocycles. The molecule has 1 aromatic carbocycles. The van der Waals surface area contributed by atoms with Gasteiger partial charge in [0.05, 0.1) is 13.7 Å². The zero-order chi connectivity index (χ0) is 18.7. The van der Waals surface area contributed by atoms with E-state index in [0.717, 1.165) is 6.54 Å². The summed E-state index contributed by atoms with van der Waals surface area (Å²) in [6.45, 7) is 7.83. The Morgan fingerprint density at radius 1 is 1.24 bits per heavy atom. The van der Waals surface area contributed by atoms with E-state index in [0.29, 0.717) is 29.5 Å². The first-order valence-electron chi connectivity index (χ1n) is 9.33. The second-order valence-electron chi connectivity index (χ2n) is 6.56.